The molecule has 0 aromatic heterocycles. The van der Waals surface area contributed by atoms with E-state index < -0.39 is 5.97 Å². The van der Waals surface area contributed by atoms with Gasteiger partial charge in [0.25, 0.3) is 0 Å². The normalized spacial score (nSPS) is 17.9. The summed E-state index contributed by atoms with van der Waals surface area (Å²) < 4.78 is 5.34. The first-order valence-electron chi connectivity index (χ1n) is 8.72. The van der Waals surface area contributed by atoms with E-state index in [-0.39, 0.29) is 11.0 Å². The second-order valence-electron chi connectivity index (χ2n) is 7.42. The molecule has 2 rings (SSSR count). The number of rotatable bonds is 5. The summed E-state index contributed by atoms with van der Waals surface area (Å²) in [5.74, 6) is -0.381. The van der Waals surface area contributed by atoms with Crippen LogP contribution >= 0.6 is 0 Å². The molecule has 0 aliphatic heterocycles. The number of methoxy groups -OCH3 is 1. The first-order chi connectivity index (χ1) is 11.7. The maximum atomic E-state index is 11.1. The van der Waals surface area contributed by atoms with E-state index >= 15 is 0 Å². The van der Waals surface area contributed by atoms with Crippen LogP contribution in [0.5, 0.6) is 5.75 Å². The highest BCUT2D eigenvalue weighted by Gasteiger charge is 2.26. The van der Waals surface area contributed by atoms with Gasteiger partial charge in [-0.3, -0.25) is 0 Å². The van der Waals surface area contributed by atoms with Crippen molar-refractivity contribution in [3.8, 4) is 5.75 Å². The molecule has 1 aromatic carbocycles. The fourth-order valence-electron chi connectivity index (χ4n) is 3.48. The van der Waals surface area contributed by atoms with Crippen molar-refractivity contribution in [3.05, 3.63) is 58.2 Å². The Labute approximate surface area is 150 Å². The van der Waals surface area contributed by atoms with Crippen LogP contribution in [0.4, 0.5) is 0 Å². The van der Waals surface area contributed by atoms with Crippen molar-refractivity contribution in [3.63, 3.8) is 0 Å². The summed E-state index contributed by atoms with van der Waals surface area (Å²) in [7, 11) is 1.56. The summed E-state index contributed by atoms with van der Waals surface area (Å²) in [6.45, 7) is 8.89. The summed E-state index contributed by atoms with van der Waals surface area (Å²) in [5.41, 5.74) is 5.33. The zero-order valence-corrected chi connectivity index (χ0v) is 15.8. The van der Waals surface area contributed by atoms with Crippen molar-refractivity contribution >= 4 is 12.0 Å². The average molecular weight is 340 g/mol. The molecule has 0 bridgehead atoms. The smallest absolute Gasteiger partial charge is 0.335 e. The lowest BCUT2D eigenvalue weighted by Crippen LogP contribution is -2.19. The van der Waals surface area contributed by atoms with E-state index in [9.17, 15) is 4.79 Å². The number of carboxylic acid groups (broad SMARTS) is 1. The summed E-state index contributed by atoms with van der Waals surface area (Å²) in [4.78, 5) is 11.1. The molecule has 0 radical (unpaired) electrons. The van der Waals surface area contributed by atoms with E-state index in [2.05, 4.69) is 32.9 Å². The Bertz CT molecular complexity index is 749. The van der Waals surface area contributed by atoms with Crippen LogP contribution < -0.4 is 4.74 Å². The second-order valence-corrected chi connectivity index (χ2v) is 7.42. The molecule has 0 saturated heterocycles. The number of allylic oxidation sites excluding steroid dienone is 5. The molecule has 1 aliphatic carbocycles. The molecule has 1 aromatic rings. The molecule has 0 unspecified atom stereocenters. The predicted molar refractivity (Wildman–Crippen MR) is 103 cm³/mol. The second kappa shape index (κ2) is 7.73. The van der Waals surface area contributed by atoms with Gasteiger partial charge in [-0.25, -0.2) is 4.79 Å². The van der Waals surface area contributed by atoms with Gasteiger partial charge in [0.05, 0.1) is 12.7 Å². The molecule has 1 aliphatic rings. The molecule has 0 fully saturated rings. The van der Waals surface area contributed by atoms with E-state index in [4.69, 9.17) is 9.84 Å². The van der Waals surface area contributed by atoms with Crippen molar-refractivity contribution in [1.82, 2.24) is 0 Å². The average Bonchev–Trinajstić information content (AvgIpc) is 2.53. The Kier molecular flexibility index (Phi) is 5.89. The van der Waals surface area contributed by atoms with Crippen LogP contribution in [0.25, 0.3) is 6.08 Å². The fourth-order valence-corrected chi connectivity index (χ4v) is 3.48. The third-order valence-electron chi connectivity index (χ3n) is 4.92. The van der Waals surface area contributed by atoms with Gasteiger partial charge in [0.2, 0.25) is 0 Å². The summed E-state index contributed by atoms with van der Waals surface area (Å²) in [5, 5.41) is 9.09. The number of benzene rings is 1. The third kappa shape index (κ3) is 4.62. The number of hydrogen-bond donors (Lipinski definition) is 1. The lowest BCUT2D eigenvalue weighted by molar-refractivity contribution is 0.0696. The maximum absolute atomic E-state index is 11.1. The fraction of sp³-hybridized carbons (Fsp3) is 0.409. The monoisotopic (exact) mass is 340 g/mol. The molecule has 134 valence electrons. The van der Waals surface area contributed by atoms with Gasteiger partial charge < -0.3 is 9.84 Å². The third-order valence-corrected chi connectivity index (χ3v) is 4.92. The standard InChI is InChI=1S/C22H28O3/c1-15(8-11-19-16(2)7-6-12-22(19,3)4)13-17-9-10-18(21(23)24)14-20(17)25-5/h8-11,13-14H,6-7,12H2,1-5H3,(H,23,24)/b11-8?,15-13+. The van der Waals surface area contributed by atoms with Crippen molar-refractivity contribution in [1.29, 1.82) is 0 Å². The Balaban J connectivity index is 2.29. The highest BCUT2D eigenvalue weighted by atomic mass is 16.5. The van der Waals surface area contributed by atoms with Crippen LogP contribution in [0.1, 0.15) is 62.9 Å². The van der Waals surface area contributed by atoms with Crippen molar-refractivity contribution in [2.45, 2.75) is 47.0 Å². The minimum Gasteiger partial charge on any atom is -0.496 e. The zero-order chi connectivity index (χ0) is 18.6. The van der Waals surface area contributed by atoms with Gasteiger partial charge in [0, 0.05) is 5.56 Å². The van der Waals surface area contributed by atoms with Crippen LogP contribution in [0.3, 0.4) is 0 Å². The first-order valence-corrected chi connectivity index (χ1v) is 8.72. The van der Waals surface area contributed by atoms with Gasteiger partial charge in [-0.2, -0.15) is 0 Å². The maximum Gasteiger partial charge on any atom is 0.335 e. The van der Waals surface area contributed by atoms with E-state index in [0.29, 0.717) is 5.75 Å². The number of carbonyl (C=O) groups is 1. The van der Waals surface area contributed by atoms with Crippen molar-refractivity contribution < 1.29 is 14.6 Å². The predicted octanol–water partition coefficient (Wildman–Crippen LogP) is 5.88. The Morgan fingerprint density at radius 3 is 2.64 bits per heavy atom. The lowest BCUT2D eigenvalue weighted by atomic mass is 9.72. The van der Waals surface area contributed by atoms with Gasteiger partial charge in [-0.15, -0.1) is 0 Å². The SMILES string of the molecule is COc1cc(C(=O)O)ccc1/C=C(\C)C=CC1=C(C)CCCC1(C)C. The largest absolute Gasteiger partial charge is 0.496 e. The minimum atomic E-state index is -0.951. The van der Waals surface area contributed by atoms with Crippen LogP contribution in [-0.4, -0.2) is 18.2 Å². The van der Waals surface area contributed by atoms with Crippen molar-refractivity contribution in [2.75, 3.05) is 7.11 Å². The van der Waals surface area contributed by atoms with E-state index in [0.717, 1.165) is 11.1 Å². The Morgan fingerprint density at radius 2 is 2.04 bits per heavy atom. The van der Waals surface area contributed by atoms with Gasteiger partial charge in [0.1, 0.15) is 5.75 Å². The number of carboxylic acids is 1. The van der Waals surface area contributed by atoms with Crippen molar-refractivity contribution in [2.24, 2.45) is 5.41 Å². The van der Waals surface area contributed by atoms with Crippen LogP contribution in [0.2, 0.25) is 0 Å². The molecular weight excluding hydrogens is 312 g/mol. The van der Waals surface area contributed by atoms with Gasteiger partial charge >= 0.3 is 5.97 Å². The zero-order valence-electron chi connectivity index (χ0n) is 15.8. The Morgan fingerprint density at radius 1 is 1.32 bits per heavy atom. The molecule has 3 nitrogen and oxygen atoms in total. The first kappa shape index (κ1) is 19.0. The van der Waals surface area contributed by atoms with E-state index in [1.54, 1.807) is 25.3 Å². The van der Waals surface area contributed by atoms with E-state index in [1.165, 1.54) is 30.4 Å². The summed E-state index contributed by atoms with van der Waals surface area (Å²) in [6, 6.07) is 4.95. The van der Waals surface area contributed by atoms with Crippen LogP contribution in [-0.2, 0) is 0 Å². The Hall–Kier alpha value is -2.29. The number of aromatic carboxylic acids is 1. The molecule has 0 atom stereocenters. The minimum absolute atomic E-state index is 0.222. The molecule has 25 heavy (non-hydrogen) atoms. The van der Waals surface area contributed by atoms with Crippen LogP contribution in [0.15, 0.2) is 47.1 Å². The molecule has 1 N–H and O–H groups in total. The number of hydrogen-bond acceptors (Lipinski definition) is 2. The summed E-state index contributed by atoms with van der Waals surface area (Å²) >= 11 is 0. The van der Waals surface area contributed by atoms with Gasteiger partial charge in [0.15, 0.2) is 0 Å². The lowest BCUT2D eigenvalue weighted by Gasteiger charge is -2.32. The topological polar surface area (TPSA) is 46.5 Å². The number of ether oxygens (including phenoxy) is 1. The quantitative estimate of drug-likeness (QED) is 0.681. The molecule has 0 spiro atoms. The summed E-state index contributed by atoms with van der Waals surface area (Å²) in [6.07, 6.45) is 10.0. The molecule has 0 heterocycles. The molecule has 3 heteroatoms. The highest BCUT2D eigenvalue weighted by molar-refractivity contribution is 5.88. The van der Waals surface area contributed by atoms with Gasteiger partial charge in [-0.1, -0.05) is 43.2 Å². The molecule has 0 saturated carbocycles. The van der Waals surface area contributed by atoms with Gasteiger partial charge in [-0.05, 0) is 62.3 Å². The molecule has 0 amide bonds. The van der Waals surface area contributed by atoms with Crippen LogP contribution in [0, 0.1) is 5.41 Å². The van der Waals surface area contributed by atoms with E-state index in [1.807, 2.05) is 13.0 Å². The molecular formula is C22H28O3. The highest BCUT2D eigenvalue weighted by Crippen LogP contribution is 2.40.